The van der Waals surface area contributed by atoms with E-state index < -0.39 is 5.97 Å². The topological polar surface area (TPSA) is 56.3 Å². The summed E-state index contributed by atoms with van der Waals surface area (Å²) < 4.78 is 0. The standard InChI is InChI=1S/C19H18N2O2/c22-19(23)14-5-8-18-16(11-14)17(12-20-18)13-3-6-15(7-4-13)21-9-1-2-10-21/h3-8,11-12,20H,1-2,9-10H2,(H,22,23). The summed E-state index contributed by atoms with van der Waals surface area (Å²) in [5, 5.41) is 10.1. The zero-order chi connectivity index (χ0) is 15.8. The predicted molar refractivity (Wildman–Crippen MR) is 92.1 cm³/mol. The Kier molecular flexibility index (Phi) is 3.30. The first-order valence-corrected chi connectivity index (χ1v) is 7.92. The van der Waals surface area contributed by atoms with Crippen LogP contribution in [0.4, 0.5) is 5.69 Å². The van der Waals surface area contributed by atoms with Crippen LogP contribution in [0.15, 0.2) is 48.7 Å². The van der Waals surface area contributed by atoms with E-state index in [0.29, 0.717) is 5.56 Å². The van der Waals surface area contributed by atoms with Gasteiger partial charge < -0.3 is 15.0 Å². The van der Waals surface area contributed by atoms with E-state index in [0.717, 1.165) is 35.1 Å². The molecule has 0 aliphatic carbocycles. The number of nitrogens with zero attached hydrogens (tertiary/aromatic N) is 1. The summed E-state index contributed by atoms with van der Waals surface area (Å²) in [7, 11) is 0. The third-order valence-electron chi connectivity index (χ3n) is 4.58. The highest BCUT2D eigenvalue weighted by molar-refractivity contribution is 6.00. The predicted octanol–water partition coefficient (Wildman–Crippen LogP) is 4.13. The van der Waals surface area contributed by atoms with Crippen molar-refractivity contribution in [2.45, 2.75) is 12.8 Å². The SMILES string of the molecule is O=C(O)c1ccc2[nH]cc(-c3ccc(N4CCCC4)cc3)c2c1. The monoisotopic (exact) mass is 306 g/mol. The summed E-state index contributed by atoms with van der Waals surface area (Å²) in [5.41, 5.74) is 4.66. The molecule has 1 saturated heterocycles. The lowest BCUT2D eigenvalue weighted by atomic mass is 10.0. The molecule has 4 rings (SSSR count). The number of hydrogen-bond acceptors (Lipinski definition) is 2. The van der Waals surface area contributed by atoms with Crippen LogP contribution in [-0.4, -0.2) is 29.1 Å². The van der Waals surface area contributed by atoms with Crippen LogP contribution in [0.25, 0.3) is 22.0 Å². The lowest BCUT2D eigenvalue weighted by Gasteiger charge is -2.17. The second kappa shape index (κ2) is 5.47. The molecule has 1 aliphatic heterocycles. The summed E-state index contributed by atoms with van der Waals surface area (Å²) in [6.07, 6.45) is 4.48. The van der Waals surface area contributed by atoms with Gasteiger partial charge in [-0.05, 0) is 48.7 Å². The quantitative estimate of drug-likeness (QED) is 0.765. The molecule has 116 valence electrons. The first-order valence-electron chi connectivity index (χ1n) is 7.92. The fourth-order valence-corrected chi connectivity index (χ4v) is 3.32. The zero-order valence-corrected chi connectivity index (χ0v) is 12.7. The summed E-state index contributed by atoms with van der Waals surface area (Å²) in [6, 6.07) is 13.7. The van der Waals surface area contributed by atoms with Gasteiger partial charge in [0.15, 0.2) is 0 Å². The molecule has 0 spiro atoms. The number of carboxylic acids is 1. The Labute approximate surface area is 134 Å². The fraction of sp³-hybridized carbons (Fsp3) is 0.211. The molecule has 0 bridgehead atoms. The number of benzene rings is 2. The minimum absolute atomic E-state index is 0.312. The van der Waals surface area contributed by atoms with E-state index >= 15 is 0 Å². The second-order valence-corrected chi connectivity index (χ2v) is 6.01. The lowest BCUT2D eigenvalue weighted by Crippen LogP contribution is -2.17. The number of aromatic amines is 1. The molecule has 4 nitrogen and oxygen atoms in total. The number of H-pyrrole nitrogens is 1. The van der Waals surface area contributed by atoms with Gasteiger partial charge in [0.2, 0.25) is 0 Å². The van der Waals surface area contributed by atoms with Crippen molar-refractivity contribution in [3.8, 4) is 11.1 Å². The molecule has 2 heterocycles. The average Bonchev–Trinajstić information content (AvgIpc) is 3.24. The number of anilines is 1. The molecule has 1 aliphatic rings. The molecule has 2 aromatic carbocycles. The van der Waals surface area contributed by atoms with Gasteiger partial charge in [0.1, 0.15) is 0 Å². The summed E-state index contributed by atoms with van der Waals surface area (Å²) in [5.74, 6) is -0.900. The highest BCUT2D eigenvalue weighted by Gasteiger charge is 2.13. The highest BCUT2D eigenvalue weighted by atomic mass is 16.4. The van der Waals surface area contributed by atoms with Gasteiger partial charge in [0, 0.05) is 41.4 Å². The molecule has 1 aromatic heterocycles. The van der Waals surface area contributed by atoms with Crippen LogP contribution in [0.5, 0.6) is 0 Å². The maximum atomic E-state index is 11.2. The van der Waals surface area contributed by atoms with Gasteiger partial charge in [0.25, 0.3) is 0 Å². The van der Waals surface area contributed by atoms with Gasteiger partial charge in [-0.25, -0.2) is 4.79 Å². The molecule has 0 atom stereocenters. The van der Waals surface area contributed by atoms with Crippen molar-refractivity contribution >= 4 is 22.6 Å². The van der Waals surface area contributed by atoms with Crippen LogP contribution < -0.4 is 4.90 Å². The molecule has 0 radical (unpaired) electrons. The zero-order valence-electron chi connectivity index (χ0n) is 12.7. The Hall–Kier alpha value is -2.75. The van der Waals surface area contributed by atoms with Gasteiger partial charge in [-0.2, -0.15) is 0 Å². The van der Waals surface area contributed by atoms with Crippen molar-refractivity contribution in [3.63, 3.8) is 0 Å². The van der Waals surface area contributed by atoms with Crippen molar-refractivity contribution in [3.05, 3.63) is 54.2 Å². The van der Waals surface area contributed by atoms with Crippen molar-refractivity contribution < 1.29 is 9.90 Å². The number of nitrogens with one attached hydrogen (secondary N) is 1. The van der Waals surface area contributed by atoms with E-state index in [1.807, 2.05) is 12.3 Å². The van der Waals surface area contributed by atoms with Crippen molar-refractivity contribution in [2.24, 2.45) is 0 Å². The maximum absolute atomic E-state index is 11.2. The smallest absolute Gasteiger partial charge is 0.335 e. The molecule has 0 saturated carbocycles. The Morgan fingerprint density at radius 3 is 2.48 bits per heavy atom. The van der Waals surface area contributed by atoms with Crippen molar-refractivity contribution in [1.82, 2.24) is 4.98 Å². The van der Waals surface area contributed by atoms with Gasteiger partial charge in [0.05, 0.1) is 5.56 Å². The fourth-order valence-electron chi connectivity index (χ4n) is 3.32. The van der Waals surface area contributed by atoms with Crippen molar-refractivity contribution in [1.29, 1.82) is 0 Å². The summed E-state index contributed by atoms with van der Waals surface area (Å²) >= 11 is 0. The maximum Gasteiger partial charge on any atom is 0.335 e. The molecular formula is C19H18N2O2. The number of carboxylic acid groups (broad SMARTS) is 1. The van der Waals surface area contributed by atoms with E-state index in [9.17, 15) is 9.90 Å². The van der Waals surface area contributed by atoms with E-state index in [1.54, 1.807) is 12.1 Å². The Morgan fingerprint density at radius 1 is 1.04 bits per heavy atom. The average molecular weight is 306 g/mol. The minimum Gasteiger partial charge on any atom is -0.478 e. The van der Waals surface area contributed by atoms with Gasteiger partial charge in [-0.3, -0.25) is 0 Å². The molecule has 1 fully saturated rings. The van der Waals surface area contributed by atoms with E-state index in [4.69, 9.17) is 0 Å². The number of carbonyl (C=O) groups is 1. The third-order valence-corrected chi connectivity index (χ3v) is 4.58. The molecule has 3 aromatic rings. The van der Waals surface area contributed by atoms with E-state index in [1.165, 1.54) is 18.5 Å². The minimum atomic E-state index is -0.900. The van der Waals surface area contributed by atoms with Crippen molar-refractivity contribution in [2.75, 3.05) is 18.0 Å². The van der Waals surface area contributed by atoms with Gasteiger partial charge >= 0.3 is 5.97 Å². The largest absolute Gasteiger partial charge is 0.478 e. The van der Waals surface area contributed by atoms with E-state index in [-0.39, 0.29) is 0 Å². The van der Waals surface area contributed by atoms with Crippen LogP contribution >= 0.6 is 0 Å². The molecule has 2 N–H and O–H groups in total. The first kappa shape index (κ1) is 13.9. The third kappa shape index (κ3) is 2.46. The summed E-state index contributed by atoms with van der Waals surface area (Å²) in [4.78, 5) is 16.8. The van der Waals surface area contributed by atoms with Crippen LogP contribution in [0.3, 0.4) is 0 Å². The number of aromatic nitrogens is 1. The number of aromatic carboxylic acids is 1. The molecule has 0 amide bonds. The number of hydrogen-bond donors (Lipinski definition) is 2. The normalized spacial score (nSPS) is 14.5. The van der Waals surface area contributed by atoms with Crippen LogP contribution in [-0.2, 0) is 0 Å². The molecule has 0 unspecified atom stereocenters. The molecule has 4 heteroatoms. The number of rotatable bonds is 3. The molecule has 23 heavy (non-hydrogen) atoms. The van der Waals surface area contributed by atoms with Gasteiger partial charge in [-0.15, -0.1) is 0 Å². The van der Waals surface area contributed by atoms with Crippen LogP contribution in [0.1, 0.15) is 23.2 Å². The Bertz CT molecular complexity index is 859. The lowest BCUT2D eigenvalue weighted by molar-refractivity contribution is 0.0697. The van der Waals surface area contributed by atoms with Crippen LogP contribution in [0, 0.1) is 0 Å². The van der Waals surface area contributed by atoms with E-state index in [2.05, 4.69) is 34.1 Å². The molecular weight excluding hydrogens is 288 g/mol. The number of fused-ring (bicyclic) bond motifs is 1. The Morgan fingerprint density at radius 2 is 1.78 bits per heavy atom. The first-order chi connectivity index (χ1) is 11.2. The summed E-state index contributed by atoms with van der Waals surface area (Å²) in [6.45, 7) is 2.27. The second-order valence-electron chi connectivity index (χ2n) is 6.01. The van der Waals surface area contributed by atoms with Crippen LogP contribution in [0.2, 0.25) is 0 Å². The Balaban J connectivity index is 1.73. The highest BCUT2D eigenvalue weighted by Crippen LogP contribution is 2.31. The van der Waals surface area contributed by atoms with Gasteiger partial charge in [-0.1, -0.05) is 12.1 Å².